The average Bonchev–Trinajstić information content (AvgIpc) is 2.50. The van der Waals surface area contributed by atoms with Crippen LogP contribution in [0.3, 0.4) is 0 Å². The summed E-state index contributed by atoms with van der Waals surface area (Å²) >= 11 is 0. The summed E-state index contributed by atoms with van der Waals surface area (Å²) in [6.07, 6.45) is 3.31. The Morgan fingerprint density at radius 1 is 1.08 bits per heavy atom. The van der Waals surface area contributed by atoms with Gasteiger partial charge in [0.25, 0.3) is 0 Å². The summed E-state index contributed by atoms with van der Waals surface area (Å²) in [5.74, 6) is -3.18. The van der Waals surface area contributed by atoms with Crippen molar-refractivity contribution in [3.63, 3.8) is 0 Å². The molecule has 0 aromatic rings. The van der Waals surface area contributed by atoms with Crippen molar-refractivity contribution < 1.29 is 24.9 Å². The van der Waals surface area contributed by atoms with Gasteiger partial charge in [-0.3, -0.25) is 9.59 Å². The predicted octanol–water partition coefficient (Wildman–Crippen LogP) is 3.86. The molecule has 0 aromatic carbocycles. The third-order valence-electron chi connectivity index (χ3n) is 4.09. The molecule has 1 unspecified atom stereocenters. The molecule has 0 aliphatic heterocycles. The van der Waals surface area contributed by atoms with E-state index in [1.807, 2.05) is 13.8 Å². The number of rotatable bonds is 6. The Hall–Kier alpha value is -2.14. The second-order valence-corrected chi connectivity index (χ2v) is 7.23. The van der Waals surface area contributed by atoms with Crippen molar-refractivity contribution in [2.75, 3.05) is 0 Å². The number of aliphatic hydroxyl groups excluding tert-OH is 2. The van der Waals surface area contributed by atoms with Crippen molar-refractivity contribution in [3.8, 4) is 0 Å². The summed E-state index contributed by atoms with van der Waals surface area (Å²) in [5.41, 5.74) is -0.872. The molecule has 138 valence electrons. The highest BCUT2D eigenvalue weighted by Gasteiger charge is 2.49. The monoisotopic (exact) mass is 348 g/mol. The maximum absolute atomic E-state index is 12.8. The second-order valence-electron chi connectivity index (χ2n) is 7.23. The molecule has 5 nitrogen and oxygen atoms in total. The molecular formula is C20H28O5. The maximum Gasteiger partial charge on any atom is 0.209 e. The number of carbonyl (C=O) groups excluding carboxylic acids is 2. The molecule has 0 spiro atoms. The Balaban J connectivity index is 3.62. The van der Waals surface area contributed by atoms with Gasteiger partial charge in [0.2, 0.25) is 5.78 Å². The van der Waals surface area contributed by atoms with Crippen molar-refractivity contribution in [1.82, 2.24) is 0 Å². The van der Waals surface area contributed by atoms with Crippen LogP contribution in [0.2, 0.25) is 0 Å². The van der Waals surface area contributed by atoms with Crippen LogP contribution in [0.4, 0.5) is 0 Å². The summed E-state index contributed by atoms with van der Waals surface area (Å²) in [4.78, 5) is 25.2. The molecule has 0 amide bonds. The molecule has 1 aliphatic rings. The lowest BCUT2D eigenvalue weighted by Gasteiger charge is -2.32. The molecule has 3 N–H and O–H groups in total. The minimum atomic E-state index is -2.24. The number of carbonyl (C=O) groups is 2. The number of hydrogen-bond donors (Lipinski definition) is 3. The zero-order chi connectivity index (χ0) is 19.5. The molecule has 0 radical (unpaired) electrons. The van der Waals surface area contributed by atoms with Gasteiger partial charge < -0.3 is 15.3 Å². The molecule has 1 rings (SSSR count). The van der Waals surface area contributed by atoms with Crippen LogP contribution < -0.4 is 0 Å². The number of aliphatic hydroxyl groups is 3. The van der Waals surface area contributed by atoms with E-state index < -0.39 is 40.2 Å². The van der Waals surface area contributed by atoms with Gasteiger partial charge >= 0.3 is 0 Å². The fraction of sp³-hybridized carbons (Fsp3) is 0.500. The topological polar surface area (TPSA) is 94.8 Å². The number of allylic oxidation sites excluding steroid dienone is 4. The van der Waals surface area contributed by atoms with E-state index in [4.69, 9.17) is 0 Å². The first-order valence-corrected chi connectivity index (χ1v) is 8.37. The third kappa shape index (κ3) is 4.28. The van der Waals surface area contributed by atoms with Crippen LogP contribution in [0.15, 0.2) is 46.0 Å². The first-order chi connectivity index (χ1) is 11.4. The van der Waals surface area contributed by atoms with E-state index in [-0.39, 0.29) is 18.4 Å². The lowest BCUT2D eigenvalue weighted by Crippen LogP contribution is -2.47. The molecule has 0 fully saturated rings. The predicted molar refractivity (Wildman–Crippen MR) is 97.2 cm³/mol. The van der Waals surface area contributed by atoms with Gasteiger partial charge in [-0.2, -0.15) is 0 Å². The van der Waals surface area contributed by atoms with Crippen molar-refractivity contribution in [2.45, 2.75) is 60.0 Å². The smallest absolute Gasteiger partial charge is 0.209 e. The Kier molecular flexibility index (Phi) is 6.54. The molecular weight excluding hydrogens is 320 g/mol. The number of hydrogen-bond acceptors (Lipinski definition) is 5. The summed E-state index contributed by atoms with van der Waals surface area (Å²) in [7, 11) is 0. The van der Waals surface area contributed by atoms with Crippen LogP contribution in [0.5, 0.6) is 0 Å². The van der Waals surface area contributed by atoms with Gasteiger partial charge in [0, 0.05) is 17.9 Å². The van der Waals surface area contributed by atoms with Crippen LogP contribution >= 0.6 is 0 Å². The molecule has 1 atom stereocenters. The molecule has 25 heavy (non-hydrogen) atoms. The fourth-order valence-corrected chi connectivity index (χ4v) is 2.49. The Morgan fingerprint density at radius 3 is 2.04 bits per heavy atom. The van der Waals surface area contributed by atoms with E-state index in [1.54, 1.807) is 39.8 Å². The highest BCUT2D eigenvalue weighted by molar-refractivity contribution is 6.25. The highest BCUT2D eigenvalue weighted by Crippen LogP contribution is 2.38. The van der Waals surface area contributed by atoms with Crippen LogP contribution in [0.25, 0.3) is 0 Å². The zero-order valence-electron chi connectivity index (χ0n) is 15.8. The van der Waals surface area contributed by atoms with Gasteiger partial charge in [0.05, 0.1) is 0 Å². The molecule has 1 aliphatic carbocycles. The van der Waals surface area contributed by atoms with Crippen LogP contribution in [0.1, 0.15) is 54.4 Å². The van der Waals surface area contributed by atoms with E-state index >= 15 is 0 Å². The normalized spacial score (nSPS) is 20.9. The van der Waals surface area contributed by atoms with Gasteiger partial charge in [-0.1, -0.05) is 37.1 Å². The van der Waals surface area contributed by atoms with Crippen molar-refractivity contribution in [2.24, 2.45) is 5.92 Å². The van der Waals surface area contributed by atoms with Crippen molar-refractivity contribution >= 4 is 11.6 Å². The maximum atomic E-state index is 12.8. The Morgan fingerprint density at radius 2 is 1.60 bits per heavy atom. The third-order valence-corrected chi connectivity index (χ3v) is 4.09. The van der Waals surface area contributed by atoms with E-state index in [0.717, 1.165) is 11.1 Å². The highest BCUT2D eigenvalue weighted by atomic mass is 16.3. The SMILES string of the molecule is CC(C)=CCC1=C(O)C(O)(CC=C(C)C)C(=O)C(C(=O)C(C)C)=C1O. The molecule has 0 saturated carbocycles. The summed E-state index contributed by atoms with van der Waals surface area (Å²) in [6, 6.07) is 0. The summed E-state index contributed by atoms with van der Waals surface area (Å²) in [5, 5.41) is 31.9. The standard InChI is InChI=1S/C20H28O5/c1-11(2)7-8-14-17(22)15(16(21)13(5)6)19(24)20(25,18(14)23)10-9-12(3)4/h7,9,13,22-23,25H,8,10H2,1-6H3. The van der Waals surface area contributed by atoms with Gasteiger partial charge in [-0.25, -0.2) is 0 Å². The minimum absolute atomic E-state index is 0.00876. The Labute approximate surface area is 149 Å². The van der Waals surface area contributed by atoms with E-state index in [2.05, 4.69) is 0 Å². The lowest BCUT2D eigenvalue weighted by atomic mass is 9.76. The van der Waals surface area contributed by atoms with E-state index in [1.165, 1.54) is 0 Å². The van der Waals surface area contributed by atoms with Gasteiger partial charge in [-0.05, 0) is 34.1 Å². The van der Waals surface area contributed by atoms with Gasteiger partial charge in [0.1, 0.15) is 17.1 Å². The molecule has 0 saturated heterocycles. The van der Waals surface area contributed by atoms with Gasteiger partial charge in [0.15, 0.2) is 11.4 Å². The van der Waals surface area contributed by atoms with Crippen LogP contribution in [-0.4, -0.2) is 32.5 Å². The van der Waals surface area contributed by atoms with Crippen molar-refractivity contribution in [3.05, 3.63) is 46.0 Å². The fourth-order valence-electron chi connectivity index (χ4n) is 2.49. The lowest BCUT2D eigenvalue weighted by molar-refractivity contribution is -0.135. The van der Waals surface area contributed by atoms with Crippen LogP contribution in [0, 0.1) is 5.92 Å². The van der Waals surface area contributed by atoms with Gasteiger partial charge in [-0.15, -0.1) is 0 Å². The van der Waals surface area contributed by atoms with Crippen LogP contribution in [-0.2, 0) is 9.59 Å². The number of ketones is 2. The summed E-state index contributed by atoms with van der Waals surface area (Å²) in [6.45, 7) is 10.5. The zero-order valence-corrected chi connectivity index (χ0v) is 15.8. The Bertz CT molecular complexity index is 696. The molecule has 0 aromatic heterocycles. The van der Waals surface area contributed by atoms with E-state index in [9.17, 15) is 24.9 Å². The molecule has 5 heteroatoms. The molecule has 0 bridgehead atoms. The molecule has 0 heterocycles. The quantitative estimate of drug-likeness (QED) is 0.500. The largest absolute Gasteiger partial charge is 0.508 e. The first-order valence-electron chi connectivity index (χ1n) is 8.37. The average molecular weight is 348 g/mol. The van der Waals surface area contributed by atoms with E-state index in [0.29, 0.717) is 0 Å². The summed E-state index contributed by atoms with van der Waals surface area (Å²) < 4.78 is 0. The minimum Gasteiger partial charge on any atom is -0.508 e. The van der Waals surface area contributed by atoms with Crippen molar-refractivity contribution in [1.29, 1.82) is 0 Å². The second kappa shape index (κ2) is 7.83. The first kappa shape index (κ1) is 20.9. The number of Topliss-reactive ketones (excluding diaryl/α,β-unsaturated/α-hetero) is 2.